The second-order valence-electron chi connectivity index (χ2n) is 5.73. The van der Waals surface area contributed by atoms with E-state index in [0.717, 1.165) is 12.2 Å². The Kier molecular flexibility index (Phi) is 6.37. The van der Waals surface area contributed by atoms with Crippen molar-refractivity contribution in [2.24, 2.45) is 0 Å². The standard InChI is InChI=1S/C19H19F2NOS2/c20-19(21)25-17-9-5-4-8-15(17)18(23)22-11-10-16(24-13-12-22)14-6-2-1-3-7-14/h1-9,16,19H,10-13H2. The van der Waals surface area contributed by atoms with Crippen LogP contribution in [0.5, 0.6) is 0 Å². The minimum absolute atomic E-state index is 0.155. The van der Waals surface area contributed by atoms with Gasteiger partial charge < -0.3 is 4.90 Å². The molecule has 0 N–H and O–H groups in total. The molecular formula is C19H19F2NOS2. The van der Waals surface area contributed by atoms with Crippen LogP contribution in [-0.4, -0.2) is 35.4 Å². The summed E-state index contributed by atoms with van der Waals surface area (Å²) in [7, 11) is 0. The van der Waals surface area contributed by atoms with Crippen molar-refractivity contribution in [3.05, 3.63) is 65.7 Å². The van der Waals surface area contributed by atoms with Gasteiger partial charge in [-0.3, -0.25) is 4.79 Å². The Labute approximate surface area is 155 Å². The van der Waals surface area contributed by atoms with E-state index in [1.54, 1.807) is 29.2 Å². The van der Waals surface area contributed by atoms with Gasteiger partial charge in [0.2, 0.25) is 0 Å². The molecule has 1 unspecified atom stereocenters. The third-order valence-electron chi connectivity index (χ3n) is 4.13. The molecular weight excluding hydrogens is 360 g/mol. The first kappa shape index (κ1) is 18.3. The lowest BCUT2D eigenvalue weighted by molar-refractivity contribution is 0.0763. The van der Waals surface area contributed by atoms with Crippen molar-refractivity contribution in [3.8, 4) is 0 Å². The van der Waals surface area contributed by atoms with Gasteiger partial charge >= 0.3 is 0 Å². The van der Waals surface area contributed by atoms with E-state index < -0.39 is 5.76 Å². The van der Waals surface area contributed by atoms with Gasteiger partial charge in [0.15, 0.2) is 0 Å². The molecule has 2 nitrogen and oxygen atoms in total. The molecule has 0 saturated carbocycles. The lowest BCUT2D eigenvalue weighted by atomic mass is 10.1. The Bertz CT molecular complexity index is 712. The molecule has 1 atom stereocenters. The number of hydrogen-bond acceptors (Lipinski definition) is 3. The van der Waals surface area contributed by atoms with Gasteiger partial charge in [-0.05, 0) is 24.1 Å². The fourth-order valence-electron chi connectivity index (χ4n) is 2.92. The Morgan fingerprint density at radius 3 is 2.56 bits per heavy atom. The van der Waals surface area contributed by atoms with Crippen molar-refractivity contribution >= 4 is 29.4 Å². The Morgan fingerprint density at radius 1 is 1.08 bits per heavy atom. The molecule has 0 aromatic heterocycles. The Balaban J connectivity index is 1.72. The molecule has 0 spiro atoms. The van der Waals surface area contributed by atoms with Gasteiger partial charge in [0.05, 0.1) is 5.56 Å². The molecule has 1 fully saturated rings. The van der Waals surface area contributed by atoms with Crippen LogP contribution in [0.25, 0.3) is 0 Å². The number of benzene rings is 2. The topological polar surface area (TPSA) is 20.3 Å². The number of carbonyl (C=O) groups is 1. The minimum atomic E-state index is -2.53. The maximum Gasteiger partial charge on any atom is 0.288 e. The quantitative estimate of drug-likeness (QED) is 0.671. The summed E-state index contributed by atoms with van der Waals surface area (Å²) in [5.74, 6) is -1.84. The number of halogens is 2. The molecule has 1 heterocycles. The fraction of sp³-hybridized carbons (Fsp3) is 0.316. The van der Waals surface area contributed by atoms with Crippen LogP contribution in [0.1, 0.15) is 27.6 Å². The third kappa shape index (κ3) is 4.76. The van der Waals surface area contributed by atoms with E-state index in [2.05, 4.69) is 12.1 Å². The zero-order chi connectivity index (χ0) is 17.6. The number of hydrogen-bond donors (Lipinski definition) is 0. The smallest absolute Gasteiger partial charge is 0.288 e. The largest absolute Gasteiger partial charge is 0.338 e. The second-order valence-corrected chi connectivity index (χ2v) is 8.07. The molecule has 1 saturated heterocycles. The molecule has 0 aliphatic carbocycles. The van der Waals surface area contributed by atoms with Gasteiger partial charge in [-0.25, -0.2) is 0 Å². The van der Waals surface area contributed by atoms with Crippen LogP contribution in [0.2, 0.25) is 0 Å². The van der Waals surface area contributed by atoms with Crippen LogP contribution >= 0.6 is 23.5 Å². The highest BCUT2D eigenvalue weighted by molar-refractivity contribution is 7.99. The Hall–Kier alpha value is -1.53. The zero-order valence-corrected chi connectivity index (χ0v) is 15.2. The van der Waals surface area contributed by atoms with Crippen LogP contribution in [0, 0.1) is 0 Å². The van der Waals surface area contributed by atoms with Crippen LogP contribution in [-0.2, 0) is 0 Å². The normalized spacial score (nSPS) is 18.2. The molecule has 25 heavy (non-hydrogen) atoms. The molecule has 1 aliphatic heterocycles. The monoisotopic (exact) mass is 379 g/mol. The van der Waals surface area contributed by atoms with Crippen molar-refractivity contribution in [3.63, 3.8) is 0 Å². The van der Waals surface area contributed by atoms with E-state index in [1.165, 1.54) is 5.56 Å². The summed E-state index contributed by atoms with van der Waals surface area (Å²) in [4.78, 5) is 15.0. The summed E-state index contributed by atoms with van der Waals surface area (Å²) in [5.41, 5.74) is 1.64. The summed E-state index contributed by atoms with van der Waals surface area (Å²) in [6, 6.07) is 16.9. The van der Waals surface area contributed by atoms with Gasteiger partial charge in [-0.15, -0.1) is 0 Å². The summed E-state index contributed by atoms with van der Waals surface area (Å²) < 4.78 is 25.5. The summed E-state index contributed by atoms with van der Waals surface area (Å²) in [6.07, 6.45) is 0.866. The van der Waals surface area contributed by atoms with Crippen molar-refractivity contribution in [1.29, 1.82) is 0 Å². The number of rotatable bonds is 4. The van der Waals surface area contributed by atoms with Crippen LogP contribution in [0.4, 0.5) is 8.78 Å². The molecule has 0 radical (unpaired) electrons. The number of amides is 1. The second kappa shape index (κ2) is 8.72. The zero-order valence-electron chi connectivity index (χ0n) is 13.6. The van der Waals surface area contributed by atoms with E-state index in [4.69, 9.17) is 0 Å². The van der Waals surface area contributed by atoms with Crippen LogP contribution in [0.3, 0.4) is 0 Å². The van der Waals surface area contributed by atoms with E-state index in [-0.39, 0.29) is 5.91 Å². The first-order valence-electron chi connectivity index (χ1n) is 8.15. The van der Waals surface area contributed by atoms with Gasteiger partial charge in [0.25, 0.3) is 11.7 Å². The number of alkyl halides is 2. The lowest BCUT2D eigenvalue weighted by Gasteiger charge is -2.21. The van der Waals surface area contributed by atoms with E-state index in [9.17, 15) is 13.6 Å². The van der Waals surface area contributed by atoms with Gasteiger partial charge in [-0.1, -0.05) is 54.2 Å². The molecule has 2 aromatic rings. The summed E-state index contributed by atoms with van der Waals surface area (Å²) in [5, 5.41) is 0.365. The van der Waals surface area contributed by atoms with E-state index in [1.807, 2.05) is 30.0 Å². The molecule has 132 valence electrons. The minimum Gasteiger partial charge on any atom is -0.338 e. The predicted molar refractivity (Wildman–Crippen MR) is 100 cm³/mol. The van der Waals surface area contributed by atoms with Gasteiger partial charge in [0.1, 0.15) is 0 Å². The Morgan fingerprint density at radius 2 is 1.80 bits per heavy atom. The summed E-state index contributed by atoms with van der Waals surface area (Å²) >= 11 is 2.28. The maximum absolute atomic E-state index is 12.9. The van der Waals surface area contributed by atoms with E-state index >= 15 is 0 Å². The molecule has 2 aromatic carbocycles. The van der Waals surface area contributed by atoms with Crippen molar-refractivity contribution < 1.29 is 13.6 Å². The highest BCUT2D eigenvalue weighted by Crippen LogP contribution is 2.35. The van der Waals surface area contributed by atoms with Crippen molar-refractivity contribution in [2.75, 3.05) is 18.8 Å². The van der Waals surface area contributed by atoms with E-state index in [0.29, 0.717) is 40.6 Å². The van der Waals surface area contributed by atoms with Gasteiger partial charge in [0, 0.05) is 29.0 Å². The molecule has 1 aliphatic rings. The average Bonchev–Trinajstić information content (AvgIpc) is 2.88. The first-order valence-corrected chi connectivity index (χ1v) is 10.1. The third-order valence-corrected chi connectivity index (χ3v) is 6.25. The fourth-order valence-corrected chi connectivity index (χ4v) is 4.78. The SMILES string of the molecule is O=C(c1ccccc1SC(F)F)N1CCSC(c2ccccc2)CC1. The van der Waals surface area contributed by atoms with Crippen LogP contribution in [0.15, 0.2) is 59.5 Å². The number of carbonyl (C=O) groups excluding carboxylic acids is 1. The molecule has 1 amide bonds. The molecule has 0 bridgehead atoms. The highest BCUT2D eigenvalue weighted by atomic mass is 32.2. The first-order chi connectivity index (χ1) is 12.1. The molecule has 6 heteroatoms. The van der Waals surface area contributed by atoms with Crippen molar-refractivity contribution in [1.82, 2.24) is 4.90 Å². The molecule has 3 rings (SSSR count). The lowest BCUT2D eigenvalue weighted by Crippen LogP contribution is -2.33. The highest BCUT2D eigenvalue weighted by Gasteiger charge is 2.24. The number of thioether (sulfide) groups is 2. The summed E-state index contributed by atoms with van der Waals surface area (Å²) in [6.45, 7) is 1.28. The predicted octanol–water partition coefficient (Wildman–Crippen LogP) is 5.32. The number of nitrogens with zero attached hydrogens (tertiary/aromatic N) is 1. The average molecular weight is 379 g/mol. The van der Waals surface area contributed by atoms with Crippen LogP contribution < -0.4 is 0 Å². The van der Waals surface area contributed by atoms with Gasteiger partial charge in [-0.2, -0.15) is 20.5 Å². The van der Waals surface area contributed by atoms with Crippen molar-refractivity contribution in [2.45, 2.75) is 22.3 Å². The maximum atomic E-state index is 12.9.